The zero-order chi connectivity index (χ0) is 21.5. The SMILES string of the molecule is CC(O)C(=O)NC(C)(C)CC(C)(C)CCSC1OC2(O)C(CO)C(O)C(O)C12. The van der Waals surface area contributed by atoms with Crippen LogP contribution in [0.4, 0.5) is 0 Å². The van der Waals surface area contributed by atoms with Crippen molar-refractivity contribution < 1.29 is 35.1 Å². The summed E-state index contributed by atoms with van der Waals surface area (Å²) in [4.78, 5) is 11.8. The summed E-state index contributed by atoms with van der Waals surface area (Å²) in [5.41, 5.74) is -1.02. The average molecular weight is 422 g/mol. The number of fused-ring (bicyclic) bond motifs is 1. The Kier molecular flexibility index (Phi) is 7.13. The van der Waals surface area contributed by atoms with Gasteiger partial charge in [-0.3, -0.25) is 4.79 Å². The number of carbonyl (C=O) groups excluding carboxylic acids is 1. The third-order valence-electron chi connectivity index (χ3n) is 5.76. The molecule has 1 saturated carbocycles. The van der Waals surface area contributed by atoms with E-state index in [1.807, 2.05) is 13.8 Å². The second kappa shape index (κ2) is 8.37. The van der Waals surface area contributed by atoms with Crippen LogP contribution in [0.15, 0.2) is 0 Å². The van der Waals surface area contributed by atoms with Gasteiger partial charge in [0.05, 0.1) is 30.7 Å². The fraction of sp³-hybridized carbons (Fsp3) is 0.947. The van der Waals surface area contributed by atoms with Crippen LogP contribution in [0.3, 0.4) is 0 Å². The zero-order valence-corrected chi connectivity index (χ0v) is 18.1. The minimum Gasteiger partial charge on any atom is -0.396 e. The van der Waals surface area contributed by atoms with Gasteiger partial charge in [0.25, 0.3) is 0 Å². The molecule has 0 aromatic carbocycles. The van der Waals surface area contributed by atoms with Crippen LogP contribution in [0.5, 0.6) is 0 Å². The third kappa shape index (κ3) is 4.83. The van der Waals surface area contributed by atoms with E-state index in [0.29, 0.717) is 12.2 Å². The van der Waals surface area contributed by atoms with Crippen molar-refractivity contribution in [2.75, 3.05) is 12.4 Å². The first-order chi connectivity index (χ1) is 12.7. The molecule has 2 aliphatic rings. The summed E-state index contributed by atoms with van der Waals surface area (Å²) in [7, 11) is 0. The molecule has 0 bridgehead atoms. The van der Waals surface area contributed by atoms with Crippen LogP contribution >= 0.6 is 11.8 Å². The monoisotopic (exact) mass is 421 g/mol. The highest BCUT2D eigenvalue weighted by Crippen LogP contribution is 2.55. The summed E-state index contributed by atoms with van der Waals surface area (Å²) >= 11 is 1.47. The van der Waals surface area contributed by atoms with E-state index in [9.17, 15) is 30.3 Å². The number of thioether (sulfide) groups is 1. The van der Waals surface area contributed by atoms with Crippen LogP contribution in [0, 0.1) is 17.3 Å². The molecule has 0 aromatic heterocycles. The number of ether oxygens (including phenoxy) is 1. The van der Waals surface area contributed by atoms with Gasteiger partial charge >= 0.3 is 0 Å². The Bertz CT molecular complexity index is 570. The van der Waals surface area contributed by atoms with E-state index in [1.54, 1.807) is 0 Å². The molecule has 0 aromatic rings. The van der Waals surface area contributed by atoms with Gasteiger partial charge in [0.2, 0.25) is 5.91 Å². The number of aliphatic hydroxyl groups is 5. The smallest absolute Gasteiger partial charge is 0.248 e. The van der Waals surface area contributed by atoms with E-state index in [4.69, 9.17) is 4.74 Å². The first kappa shape index (κ1) is 23.9. The first-order valence-electron chi connectivity index (χ1n) is 9.73. The highest BCUT2D eigenvalue weighted by atomic mass is 32.2. The lowest BCUT2D eigenvalue weighted by Gasteiger charge is -2.49. The maximum absolute atomic E-state index is 11.8. The second-order valence-electron chi connectivity index (χ2n) is 9.55. The predicted octanol–water partition coefficient (Wildman–Crippen LogP) is -0.193. The van der Waals surface area contributed by atoms with Crippen molar-refractivity contribution in [2.45, 2.75) is 82.5 Å². The van der Waals surface area contributed by atoms with Gasteiger partial charge in [-0.15, -0.1) is 11.8 Å². The molecule has 28 heavy (non-hydrogen) atoms. The highest BCUT2D eigenvalue weighted by molar-refractivity contribution is 7.99. The fourth-order valence-electron chi connectivity index (χ4n) is 4.49. The molecule has 1 aliphatic carbocycles. The van der Waals surface area contributed by atoms with Crippen molar-refractivity contribution >= 4 is 17.7 Å². The van der Waals surface area contributed by atoms with E-state index in [-0.39, 0.29) is 5.41 Å². The molecule has 7 atom stereocenters. The minimum atomic E-state index is -1.67. The summed E-state index contributed by atoms with van der Waals surface area (Å²) in [5.74, 6) is -2.90. The van der Waals surface area contributed by atoms with E-state index in [2.05, 4.69) is 19.2 Å². The Hall–Kier alpha value is -0.420. The maximum atomic E-state index is 11.8. The molecule has 6 N–H and O–H groups in total. The minimum absolute atomic E-state index is 0.107. The molecule has 8 nitrogen and oxygen atoms in total. The van der Waals surface area contributed by atoms with Gasteiger partial charge in [-0.1, -0.05) is 13.8 Å². The highest BCUT2D eigenvalue weighted by Gasteiger charge is 2.70. The number of nitrogens with one attached hydrogen (secondary N) is 1. The molecule has 1 saturated heterocycles. The third-order valence-corrected chi connectivity index (χ3v) is 6.91. The first-order valence-corrected chi connectivity index (χ1v) is 10.8. The van der Waals surface area contributed by atoms with Crippen molar-refractivity contribution in [1.29, 1.82) is 0 Å². The lowest BCUT2D eigenvalue weighted by atomic mass is 9.78. The van der Waals surface area contributed by atoms with Crippen molar-refractivity contribution in [3.63, 3.8) is 0 Å². The van der Waals surface area contributed by atoms with Crippen LogP contribution < -0.4 is 5.32 Å². The summed E-state index contributed by atoms with van der Waals surface area (Å²) in [5, 5.41) is 52.3. The number of carbonyl (C=O) groups is 1. The Morgan fingerprint density at radius 2 is 1.86 bits per heavy atom. The summed E-state index contributed by atoms with van der Waals surface area (Å²) in [6.45, 7) is 9.01. The normalized spacial score (nSPS) is 36.6. The van der Waals surface area contributed by atoms with Crippen LogP contribution in [-0.2, 0) is 9.53 Å². The van der Waals surface area contributed by atoms with Gasteiger partial charge in [0.1, 0.15) is 11.5 Å². The molecule has 0 spiro atoms. The van der Waals surface area contributed by atoms with Gasteiger partial charge in [0.15, 0.2) is 5.79 Å². The zero-order valence-electron chi connectivity index (χ0n) is 17.3. The number of aliphatic hydroxyl groups excluding tert-OH is 4. The topological polar surface area (TPSA) is 139 Å². The molecular formula is C19H35NO7S. The number of rotatable bonds is 9. The summed E-state index contributed by atoms with van der Waals surface area (Å²) < 4.78 is 5.54. The van der Waals surface area contributed by atoms with Crippen LogP contribution in [0.2, 0.25) is 0 Å². The predicted molar refractivity (Wildman–Crippen MR) is 105 cm³/mol. The lowest BCUT2D eigenvalue weighted by Crippen LogP contribution is -2.61. The maximum Gasteiger partial charge on any atom is 0.248 e. The second-order valence-corrected chi connectivity index (χ2v) is 10.8. The van der Waals surface area contributed by atoms with E-state index in [0.717, 1.165) is 6.42 Å². The van der Waals surface area contributed by atoms with Gasteiger partial charge in [-0.05, 0) is 44.8 Å². The number of hydrogen-bond acceptors (Lipinski definition) is 8. The molecule has 9 heteroatoms. The summed E-state index contributed by atoms with van der Waals surface area (Å²) in [6.07, 6.45) is -1.88. The van der Waals surface area contributed by atoms with Crippen molar-refractivity contribution in [2.24, 2.45) is 17.3 Å². The molecular weight excluding hydrogens is 386 g/mol. The largest absolute Gasteiger partial charge is 0.396 e. The Balaban J connectivity index is 1.84. The van der Waals surface area contributed by atoms with Gasteiger partial charge in [-0.2, -0.15) is 0 Å². The van der Waals surface area contributed by atoms with Crippen molar-refractivity contribution in [1.82, 2.24) is 5.32 Å². The van der Waals surface area contributed by atoms with Crippen molar-refractivity contribution in [3.05, 3.63) is 0 Å². The molecule has 1 amide bonds. The van der Waals surface area contributed by atoms with Crippen LogP contribution in [-0.4, -0.2) is 78.9 Å². The molecule has 0 radical (unpaired) electrons. The molecule has 7 unspecified atom stereocenters. The van der Waals surface area contributed by atoms with Gasteiger partial charge in [-0.25, -0.2) is 0 Å². The van der Waals surface area contributed by atoms with Crippen molar-refractivity contribution in [3.8, 4) is 0 Å². The molecule has 2 fully saturated rings. The molecule has 2 rings (SSSR count). The molecule has 164 valence electrons. The van der Waals surface area contributed by atoms with Crippen LogP contribution in [0.1, 0.15) is 47.5 Å². The Labute approximate surface area is 170 Å². The Morgan fingerprint density at radius 3 is 2.39 bits per heavy atom. The van der Waals surface area contributed by atoms with E-state index in [1.165, 1.54) is 18.7 Å². The van der Waals surface area contributed by atoms with Gasteiger partial charge in [0, 0.05) is 5.54 Å². The quantitative estimate of drug-likeness (QED) is 0.301. The Morgan fingerprint density at radius 1 is 1.25 bits per heavy atom. The average Bonchev–Trinajstić information content (AvgIpc) is 2.65. The van der Waals surface area contributed by atoms with E-state index < -0.39 is 59.4 Å². The number of hydrogen-bond donors (Lipinski definition) is 6. The number of amides is 1. The molecule has 1 aliphatic heterocycles. The fourth-order valence-corrected chi connectivity index (χ4v) is 6.18. The van der Waals surface area contributed by atoms with E-state index >= 15 is 0 Å². The van der Waals surface area contributed by atoms with Crippen LogP contribution in [0.25, 0.3) is 0 Å². The summed E-state index contributed by atoms with van der Waals surface area (Å²) in [6, 6.07) is 0. The standard InChI is InChI=1S/C19H35NO7S/c1-10(22)15(25)20-18(4,5)9-17(2,3)6-7-28-16-12-14(24)13(23)11(8-21)19(12,26)27-16/h10-14,16,21-24,26H,6-9H2,1-5H3,(H,20,25). The molecule has 1 heterocycles. The lowest BCUT2D eigenvalue weighted by molar-refractivity contribution is -0.355. The van der Waals surface area contributed by atoms with Gasteiger partial charge < -0.3 is 35.6 Å².